The predicted molar refractivity (Wildman–Crippen MR) is 159 cm³/mol. The number of pyridine rings is 1. The monoisotopic (exact) mass is 639 g/mol. The van der Waals surface area contributed by atoms with Gasteiger partial charge in [0.2, 0.25) is 0 Å². The zero-order valence-corrected chi connectivity index (χ0v) is 25.9. The first-order valence-electron chi connectivity index (χ1n) is 14.1. The Labute approximate surface area is 264 Å². The van der Waals surface area contributed by atoms with Crippen LogP contribution in [-0.4, -0.2) is 85.7 Å². The van der Waals surface area contributed by atoms with Gasteiger partial charge in [0.25, 0.3) is 5.91 Å². The normalized spacial score (nSPS) is 16.3. The summed E-state index contributed by atoms with van der Waals surface area (Å²) in [6.07, 6.45) is 1.03. The number of nitrogens with zero attached hydrogens (tertiary/aromatic N) is 2. The van der Waals surface area contributed by atoms with Crippen LogP contribution in [-0.2, 0) is 19.0 Å². The summed E-state index contributed by atoms with van der Waals surface area (Å²) in [7, 11) is 2.65. The number of rotatable bonds is 11. The maximum absolute atomic E-state index is 15.1. The van der Waals surface area contributed by atoms with E-state index in [1.165, 1.54) is 80.2 Å². The zero-order valence-electron chi connectivity index (χ0n) is 25.9. The van der Waals surface area contributed by atoms with Crippen LogP contribution in [0.3, 0.4) is 0 Å². The molecule has 0 radical (unpaired) electrons. The van der Waals surface area contributed by atoms with Crippen LogP contribution in [0.1, 0.15) is 57.4 Å². The summed E-state index contributed by atoms with van der Waals surface area (Å²) in [5.41, 5.74) is -0.705. The number of halogens is 1. The van der Waals surface area contributed by atoms with Crippen molar-refractivity contribution in [1.82, 2.24) is 15.4 Å². The molecule has 0 spiro atoms. The molecule has 1 aliphatic heterocycles. The lowest BCUT2D eigenvalue weighted by atomic mass is 10.00. The molecule has 4 rings (SSSR count). The Balaban J connectivity index is 1.50. The molecule has 1 N–H and O–H groups in total. The van der Waals surface area contributed by atoms with Gasteiger partial charge < -0.3 is 33.8 Å². The molecule has 3 aromatic rings. The van der Waals surface area contributed by atoms with Crippen LogP contribution in [0.2, 0.25) is 0 Å². The number of aromatic nitrogens is 1. The Kier molecular flexibility index (Phi) is 10.9. The summed E-state index contributed by atoms with van der Waals surface area (Å²) in [4.78, 5) is 60.8. The smallest absolute Gasteiger partial charge is 0.494 e. The van der Waals surface area contributed by atoms with Crippen molar-refractivity contribution >= 4 is 23.8 Å². The summed E-state index contributed by atoms with van der Waals surface area (Å²) in [6.45, 7) is 4.76. The number of methoxy groups -OCH3 is 2. The average Bonchev–Trinajstić information content (AvgIpc) is 3.38. The summed E-state index contributed by atoms with van der Waals surface area (Å²) in [5.74, 6) is -3.05. The number of ether oxygens (including phenoxy) is 5. The summed E-state index contributed by atoms with van der Waals surface area (Å²) in [5, 5.41) is 4.03. The predicted octanol–water partition coefficient (Wildman–Crippen LogP) is 3.95. The molecule has 0 bridgehead atoms. The number of hydrogen-bond acceptors (Lipinski definition) is 12. The molecule has 2 heterocycles. The van der Waals surface area contributed by atoms with Crippen LogP contribution >= 0.6 is 0 Å². The fourth-order valence-corrected chi connectivity index (χ4v) is 4.46. The van der Waals surface area contributed by atoms with E-state index in [-0.39, 0.29) is 48.1 Å². The maximum Gasteiger partial charge on any atom is 0.528 e. The Bertz CT molecular complexity index is 1560. The molecule has 1 aliphatic rings. The number of carbonyl (C=O) groups excluding carboxylic acids is 4. The van der Waals surface area contributed by atoms with Gasteiger partial charge in [0, 0.05) is 30.6 Å². The molecular formula is C32H34FN3O10. The molecule has 13 nitrogen and oxygen atoms in total. The van der Waals surface area contributed by atoms with E-state index in [2.05, 4.69) is 10.3 Å². The first-order chi connectivity index (χ1) is 21.9. The molecule has 1 aromatic heterocycles. The molecule has 0 saturated carbocycles. The van der Waals surface area contributed by atoms with E-state index in [9.17, 15) is 19.2 Å². The van der Waals surface area contributed by atoms with Gasteiger partial charge in [-0.1, -0.05) is 12.1 Å². The lowest BCUT2D eigenvalue weighted by molar-refractivity contribution is -0.134. The number of ketones is 1. The summed E-state index contributed by atoms with van der Waals surface area (Å²) in [6, 6.07) is 10.4. The van der Waals surface area contributed by atoms with Crippen LogP contribution in [0.25, 0.3) is 0 Å². The van der Waals surface area contributed by atoms with E-state index in [1.807, 2.05) is 0 Å². The van der Waals surface area contributed by atoms with Crippen LogP contribution in [0, 0.1) is 5.82 Å². The molecule has 0 aliphatic carbocycles. The van der Waals surface area contributed by atoms with Gasteiger partial charge in [-0.2, -0.15) is 0 Å². The van der Waals surface area contributed by atoms with Gasteiger partial charge in [-0.3, -0.25) is 14.6 Å². The Hall–Kier alpha value is -5.08. The minimum atomic E-state index is -0.956. The van der Waals surface area contributed by atoms with Gasteiger partial charge in [-0.05, 0) is 57.2 Å². The molecule has 244 valence electrons. The average molecular weight is 640 g/mol. The van der Waals surface area contributed by atoms with Gasteiger partial charge in [0.15, 0.2) is 24.1 Å². The van der Waals surface area contributed by atoms with Crippen LogP contribution in [0.4, 0.5) is 9.18 Å². The van der Waals surface area contributed by atoms with Gasteiger partial charge in [-0.25, -0.2) is 14.0 Å². The Morgan fingerprint density at radius 2 is 1.57 bits per heavy atom. The highest BCUT2D eigenvalue weighted by molar-refractivity contribution is 6.11. The number of hydroxylamine groups is 2. The largest absolute Gasteiger partial charge is 0.528 e. The molecule has 2 unspecified atom stereocenters. The highest BCUT2D eigenvalue weighted by Gasteiger charge is 2.40. The van der Waals surface area contributed by atoms with Crippen molar-refractivity contribution in [2.75, 3.05) is 34.1 Å². The van der Waals surface area contributed by atoms with E-state index in [0.29, 0.717) is 5.56 Å². The fraction of sp³-hybridized carbons (Fsp3) is 0.344. The molecule has 2 atom stereocenters. The maximum atomic E-state index is 15.1. The Morgan fingerprint density at radius 1 is 0.913 bits per heavy atom. The van der Waals surface area contributed by atoms with Crippen molar-refractivity contribution in [3.63, 3.8) is 0 Å². The molecule has 46 heavy (non-hydrogen) atoms. The van der Waals surface area contributed by atoms with E-state index in [1.54, 1.807) is 20.8 Å². The van der Waals surface area contributed by atoms with E-state index < -0.39 is 47.4 Å². The van der Waals surface area contributed by atoms with Crippen molar-refractivity contribution in [2.24, 2.45) is 0 Å². The fourth-order valence-electron chi connectivity index (χ4n) is 4.46. The van der Waals surface area contributed by atoms with Crippen molar-refractivity contribution < 1.29 is 52.1 Å². The lowest BCUT2D eigenvalue weighted by Crippen LogP contribution is -2.44. The number of amides is 1. The first-order valence-corrected chi connectivity index (χ1v) is 14.1. The summed E-state index contributed by atoms with van der Waals surface area (Å²) >= 11 is 0. The molecule has 1 amide bonds. The van der Waals surface area contributed by atoms with E-state index >= 15 is 4.39 Å². The number of esters is 1. The van der Waals surface area contributed by atoms with Crippen molar-refractivity contribution in [3.05, 3.63) is 89.0 Å². The molecular weight excluding hydrogens is 605 g/mol. The topological polar surface area (TPSA) is 152 Å². The SMILES string of the molecule is COCOc1ccc(OC)c(F)c1C(=O)c1ccc(C(=O)OC2CN(OC(=O)OC(C)(C)C)CC2NC(=O)c2ccncc2)cc1. The van der Waals surface area contributed by atoms with Crippen LogP contribution in [0.15, 0.2) is 60.9 Å². The van der Waals surface area contributed by atoms with Gasteiger partial charge in [-0.15, -0.1) is 5.06 Å². The van der Waals surface area contributed by atoms with Crippen molar-refractivity contribution in [1.29, 1.82) is 0 Å². The lowest BCUT2D eigenvalue weighted by Gasteiger charge is -2.21. The van der Waals surface area contributed by atoms with Crippen molar-refractivity contribution in [3.8, 4) is 11.5 Å². The highest BCUT2D eigenvalue weighted by atomic mass is 19.1. The third kappa shape index (κ3) is 8.55. The molecule has 1 saturated heterocycles. The second-order valence-electron chi connectivity index (χ2n) is 11.1. The summed E-state index contributed by atoms with van der Waals surface area (Å²) < 4.78 is 41.3. The van der Waals surface area contributed by atoms with Crippen LogP contribution in [0.5, 0.6) is 11.5 Å². The third-order valence-electron chi connectivity index (χ3n) is 6.57. The second kappa shape index (κ2) is 14.8. The molecule has 2 aromatic carbocycles. The van der Waals surface area contributed by atoms with E-state index in [4.69, 9.17) is 28.5 Å². The molecule has 1 fully saturated rings. The van der Waals surface area contributed by atoms with Gasteiger partial charge >= 0.3 is 12.1 Å². The van der Waals surface area contributed by atoms with Crippen molar-refractivity contribution in [2.45, 2.75) is 38.5 Å². The van der Waals surface area contributed by atoms with Gasteiger partial charge in [0.1, 0.15) is 23.0 Å². The quantitative estimate of drug-likeness (QED) is 0.184. The first kappa shape index (κ1) is 33.8. The second-order valence-corrected chi connectivity index (χ2v) is 11.1. The van der Waals surface area contributed by atoms with Gasteiger partial charge in [0.05, 0.1) is 31.8 Å². The number of benzene rings is 2. The van der Waals surface area contributed by atoms with Crippen LogP contribution < -0.4 is 14.8 Å². The standard InChI is InChI=1S/C32H34FN3O10/c1-32(2,3)45-31(40)46-36-16-22(35-29(38)20-12-14-34-15-13-20)25(17-36)44-30(39)21-8-6-19(7-9-21)28(37)26-23(43-18-41-4)10-11-24(42-5)27(26)33/h6-15,22,25H,16-18H2,1-5H3,(H,35,38). The highest BCUT2D eigenvalue weighted by Crippen LogP contribution is 2.31. The number of nitrogens with one attached hydrogen (secondary N) is 1. The minimum absolute atomic E-state index is 0.00102. The molecule has 14 heteroatoms. The number of carbonyl (C=O) groups is 4. The minimum Gasteiger partial charge on any atom is -0.494 e. The third-order valence-corrected chi connectivity index (χ3v) is 6.57. The number of hydrogen-bond donors (Lipinski definition) is 1. The van der Waals surface area contributed by atoms with E-state index in [0.717, 1.165) is 0 Å². The Morgan fingerprint density at radius 3 is 2.20 bits per heavy atom. The zero-order chi connectivity index (χ0) is 33.4.